The van der Waals surface area contributed by atoms with Crippen LogP contribution in [0.3, 0.4) is 0 Å². The maximum atomic E-state index is 2.44. The molecule has 0 bridgehead atoms. The van der Waals surface area contributed by atoms with Crippen LogP contribution < -0.4 is 4.90 Å². The van der Waals surface area contributed by atoms with Gasteiger partial charge in [-0.2, -0.15) is 0 Å². The van der Waals surface area contributed by atoms with Gasteiger partial charge in [0, 0.05) is 22.4 Å². The molecule has 0 spiro atoms. The molecule has 0 saturated heterocycles. The van der Waals surface area contributed by atoms with Gasteiger partial charge in [-0.15, -0.1) is 0 Å². The standard InChI is InChI=1S/C51H39N/c1-51(2)48-21-13-12-20-45(48)46-32-31-44(35-49(46)51)52(43-29-26-39(27-30-43)37-16-8-4-9-17-37)50-33-28-42(34-47(50)41-18-10-5-11-19-41)40-24-22-38(23-25-40)36-14-6-3-7-15-36/h3-35H,1-2H3. The van der Waals surface area contributed by atoms with Crippen molar-refractivity contribution in [3.05, 3.63) is 211 Å². The van der Waals surface area contributed by atoms with Crippen molar-refractivity contribution in [1.82, 2.24) is 0 Å². The third kappa shape index (κ3) is 5.61. The van der Waals surface area contributed by atoms with E-state index in [-0.39, 0.29) is 5.41 Å². The molecule has 0 N–H and O–H groups in total. The van der Waals surface area contributed by atoms with Crippen molar-refractivity contribution in [2.24, 2.45) is 0 Å². The average Bonchev–Trinajstić information content (AvgIpc) is 3.45. The summed E-state index contributed by atoms with van der Waals surface area (Å²) in [6.07, 6.45) is 0. The van der Waals surface area contributed by atoms with Crippen molar-refractivity contribution in [3.8, 4) is 55.6 Å². The monoisotopic (exact) mass is 665 g/mol. The van der Waals surface area contributed by atoms with Crippen LogP contribution in [0.2, 0.25) is 0 Å². The topological polar surface area (TPSA) is 3.24 Å². The molecule has 1 aliphatic carbocycles. The van der Waals surface area contributed by atoms with Gasteiger partial charge in [0.1, 0.15) is 0 Å². The summed E-state index contributed by atoms with van der Waals surface area (Å²) >= 11 is 0. The van der Waals surface area contributed by atoms with Gasteiger partial charge < -0.3 is 4.90 Å². The zero-order valence-corrected chi connectivity index (χ0v) is 29.5. The molecule has 0 aromatic heterocycles. The fraction of sp³-hybridized carbons (Fsp3) is 0.0588. The SMILES string of the molecule is CC1(C)c2ccccc2-c2ccc(N(c3ccc(-c4ccccc4)cc3)c3ccc(-c4ccc(-c5ccccc5)cc4)cc3-c3ccccc3)cc21. The van der Waals surface area contributed by atoms with Crippen LogP contribution in [0.25, 0.3) is 55.6 Å². The summed E-state index contributed by atoms with van der Waals surface area (Å²) in [7, 11) is 0. The molecular formula is C51H39N. The average molecular weight is 666 g/mol. The van der Waals surface area contributed by atoms with E-state index in [0.717, 1.165) is 17.1 Å². The second-order valence-corrected chi connectivity index (χ2v) is 14.2. The van der Waals surface area contributed by atoms with E-state index < -0.39 is 0 Å². The van der Waals surface area contributed by atoms with E-state index in [1.807, 2.05) is 0 Å². The highest BCUT2D eigenvalue weighted by atomic mass is 15.1. The first-order valence-electron chi connectivity index (χ1n) is 18.1. The van der Waals surface area contributed by atoms with Gasteiger partial charge in [0.15, 0.2) is 0 Å². The first-order valence-corrected chi connectivity index (χ1v) is 18.1. The van der Waals surface area contributed by atoms with Gasteiger partial charge in [-0.05, 0) is 97.6 Å². The van der Waals surface area contributed by atoms with Crippen LogP contribution in [0, 0.1) is 0 Å². The minimum absolute atomic E-state index is 0.108. The van der Waals surface area contributed by atoms with Gasteiger partial charge in [0.2, 0.25) is 0 Å². The van der Waals surface area contributed by atoms with Gasteiger partial charge in [-0.3, -0.25) is 0 Å². The molecule has 0 radical (unpaired) electrons. The van der Waals surface area contributed by atoms with E-state index in [9.17, 15) is 0 Å². The van der Waals surface area contributed by atoms with E-state index in [0.29, 0.717) is 0 Å². The molecule has 52 heavy (non-hydrogen) atoms. The van der Waals surface area contributed by atoms with Crippen molar-refractivity contribution >= 4 is 17.1 Å². The molecule has 9 rings (SSSR count). The molecule has 8 aromatic rings. The molecule has 0 atom stereocenters. The highest BCUT2D eigenvalue weighted by molar-refractivity contribution is 5.92. The van der Waals surface area contributed by atoms with Gasteiger partial charge in [-0.1, -0.05) is 178 Å². The number of hydrogen-bond acceptors (Lipinski definition) is 1. The van der Waals surface area contributed by atoms with Gasteiger partial charge in [-0.25, -0.2) is 0 Å². The molecule has 1 heteroatoms. The summed E-state index contributed by atoms with van der Waals surface area (Å²) in [6.45, 7) is 4.71. The molecule has 0 saturated carbocycles. The molecule has 0 amide bonds. The zero-order valence-electron chi connectivity index (χ0n) is 29.5. The quantitative estimate of drug-likeness (QED) is 0.164. The molecule has 248 valence electrons. The Labute approximate surface area is 307 Å². The number of anilines is 3. The molecular weight excluding hydrogens is 627 g/mol. The summed E-state index contributed by atoms with van der Waals surface area (Å²) in [5.74, 6) is 0. The number of fused-ring (bicyclic) bond motifs is 3. The summed E-state index contributed by atoms with van der Waals surface area (Å²) in [4.78, 5) is 2.44. The van der Waals surface area contributed by atoms with Gasteiger partial charge >= 0.3 is 0 Å². The van der Waals surface area contributed by atoms with Crippen molar-refractivity contribution in [1.29, 1.82) is 0 Å². The second kappa shape index (κ2) is 13.0. The van der Waals surface area contributed by atoms with Crippen molar-refractivity contribution < 1.29 is 0 Å². The fourth-order valence-electron chi connectivity index (χ4n) is 7.94. The third-order valence-corrected chi connectivity index (χ3v) is 10.7. The minimum atomic E-state index is -0.108. The number of benzene rings is 8. The summed E-state index contributed by atoms with van der Waals surface area (Å²) in [5.41, 5.74) is 18.3. The molecule has 1 aliphatic rings. The van der Waals surface area contributed by atoms with Gasteiger partial charge in [0.25, 0.3) is 0 Å². The smallest absolute Gasteiger partial charge is 0.0540 e. The zero-order chi connectivity index (χ0) is 35.1. The lowest BCUT2D eigenvalue weighted by Gasteiger charge is -2.30. The van der Waals surface area contributed by atoms with Crippen LogP contribution in [0.5, 0.6) is 0 Å². The Morgan fingerprint density at radius 3 is 1.37 bits per heavy atom. The first kappa shape index (κ1) is 31.5. The molecule has 0 fully saturated rings. The Balaban J connectivity index is 1.21. The highest BCUT2D eigenvalue weighted by Gasteiger charge is 2.35. The lowest BCUT2D eigenvalue weighted by atomic mass is 9.82. The lowest BCUT2D eigenvalue weighted by molar-refractivity contribution is 0.660. The predicted molar refractivity (Wildman–Crippen MR) is 220 cm³/mol. The highest BCUT2D eigenvalue weighted by Crippen LogP contribution is 2.51. The number of nitrogens with zero attached hydrogens (tertiary/aromatic N) is 1. The maximum absolute atomic E-state index is 2.44. The van der Waals surface area contributed by atoms with Crippen LogP contribution in [0.15, 0.2) is 200 Å². The van der Waals surface area contributed by atoms with E-state index in [2.05, 4.69) is 219 Å². The fourth-order valence-corrected chi connectivity index (χ4v) is 7.94. The molecule has 8 aromatic carbocycles. The predicted octanol–water partition coefficient (Wildman–Crippen LogP) is 14.1. The molecule has 0 aliphatic heterocycles. The summed E-state index contributed by atoms with van der Waals surface area (Å²) in [5, 5.41) is 0. The molecule has 1 nitrogen and oxygen atoms in total. The number of hydrogen-bond donors (Lipinski definition) is 0. The lowest BCUT2D eigenvalue weighted by Crippen LogP contribution is -2.17. The first-order chi connectivity index (χ1) is 25.5. The Morgan fingerprint density at radius 2 is 0.750 bits per heavy atom. The Bertz CT molecular complexity index is 2500. The second-order valence-electron chi connectivity index (χ2n) is 14.2. The van der Waals surface area contributed by atoms with E-state index in [4.69, 9.17) is 0 Å². The third-order valence-electron chi connectivity index (χ3n) is 10.7. The number of rotatable bonds is 7. The maximum Gasteiger partial charge on any atom is 0.0540 e. The summed E-state index contributed by atoms with van der Waals surface area (Å²) < 4.78 is 0. The van der Waals surface area contributed by atoms with Crippen LogP contribution in [-0.2, 0) is 5.41 Å². The van der Waals surface area contributed by atoms with Crippen LogP contribution >= 0.6 is 0 Å². The largest absolute Gasteiger partial charge is 0.310 e. The van der Waals surface area contributed by atoms with Crippen molar-refractivity contribution in [2.75, 3.05) is 4.90 Å². The summed E-state index contributed by atoms with van der Waals surface area (Å²) in [6, 6.07) is 72.8. The van der Waals surface area contributed by atoms with Crippen LogP contribution in [0.4, 0.5) is 17.1 Å². The normalized spacial score (nSPS) is 12.6. The molecule has 0 unspecified atom stereocenters. The van der Waals surface area contributed by atoms with Crippen LogP contribution in [-0.4, -0.2) is 0 Å². The van der Waals surface area contributed by atoms with Gasteiger partial charge in [0.05, 0.1) is 5.69 Å². The van der Waals surface area contributed by atoms with Crippen LogP contribution in [0.1, 0.15) is 25.0 Å². The van der Waals surface area contributed by atoms with E-state index in [1.54, 1.807) is 0 Å². The minimum Gasteiger partial charge on any atom is -0.310 e. The Kier molecular flexibility index (Phi) is 7.90. The van der Waals surface area contributed by atoms with E-state index in [1.165, 1.54) is 66.8 Å². The van der Waals surface area contributed by atoms with Crippen molar-refractivity contribution in [2.45, 2.75) is 19.3 Å². The van der Waals surface area contributed by atoms with Crippen molar-refractivity contribution in [3.63, 3.8) is 0 Å². The van der Waals surface area contributed by atoms with E-state index >= 15 is 0 Å². The Morgan fingerprint density at radius 1 is 0.308 bits per heavy atom. The Hall–Kier alpha value is -6.44. The molecule has 0 heterocycles.